The summed E-state index contributed by atoms with van der Waals surface area (Å²) < 4.78 is 22.0. The van der Waals surface area contributed by atoms with Crippen LogP contribution < -0.4 is 19.8 Å². The quantitative estimate of drug-likeness (QED) is 0.574. The zero-order valence-electron chi connectivity index (χ0n) is 14.5. The van der Waals surface area contributed by atoms with Gasteiger partial charge in [0.25, 0.3) is 0 Å². The zero-order valence-corrected chi connectivity index (χ0v) is 14.5. The summed E-state index contributed by atoms with van der Waals surface area (Å²) in [6.45, 7) is 2.89. The summed E-state index contributed by atoms with van der Waals surface area (Å²) in [5.74, 6) is 2.62. The highest BCUT2D eigenvalue weighted by molar-refractivity contribution is 5.33. The van der Waals surface area contributed by atoms with Crippen molar-refractivity contribution >= 4 is 0 Å². The van der Waals surface area contributed by atoms with Gasteiger partial charge in [-0.15, -0.1) is 0 Å². The Bertz CT molecular complexity index is 886. The van der Waals surface area contributed by atoms with Gasteiger partial charge in [0.1, 0.15) is 42.8 Å². The van der Waals surface area contributed by atoms with Gasteiger partial charge >= 0.3 is 5.63 Å². The van der Waals surface area contributed by atoms with E-state index in [0.717, 1.165) is 11.3 Å². The summed E-state index contributed by atoms with van der Waals surface area (Å²) in [5.41, 5.74) is 0.467. The van der Waals surface area contributed by atoms with Crippen LogP contribution in [-0.4, -0.2) is 13.2 Å². The first kappa shape index (κ1) is 17.6. The number of benzene rings is 2. The van der Waals surface area contributed by atoms with E-state index in [-0.39, 0.29) is 12.2 Å². The molecule has 1 aromatic heterocycles. The van der Waals surface area contributed by atoms with Crippen molar-refractivity contribution < 1.29 is 18.6 Å². The highest BCUT2D eigenvalue weighted by Gasteiger charge is 2.03. The Kier molecular flexibility index (Phi) is 5.93. The lowest BCUT2D eigenvalue weighted by molar-refractivity contribution is 0.215. The van der Waals surface area contributed by atoms with E-state index < -0.39 is 0 Å². The maximum Gasteiger partial charge on any atom is 0.336 e. The molecule has 0 unspecified atom stereocenters. The highest BCUT2D eigenvalue weighted by atomic mass is 16.5. The fourth-order valence-corrected chi connectivity index (χ4v) is 2.38. The molecule has 0 radical (unpaired) electrons. The summed E-state index contributed by atoms with van der Waals surface area (Å²) in [4.78, 5) is 11.4. The van der Waals surface area contributed by atoms with Gasteiger partial charge in [-0.2, -0.15) is 0 Å². The van der Waals surface area contributed by atoms with E-state index in [1.54, 1.807) is 12.1 Å². The van der Waals surface area contributed by atoms with Crippen LogP contribution in [0.2, 0.25) is 0 Å². The molecular formula is C21H20O5. The standard InChI is InChI=1S/C21H20O5/c1-16-12-20(26-21(22)13-16)15-25-19-9-5-8-18(14-19)24-11-10-23-17-6-3-2-4-7-17/h2-9,12-14H,10-11,15H2,1H3. The Morgan fingerprint density at radius 1 is 0.769 bits per heavy atom. The lowest BCUT2D eigenvalue weighted by Gasteiger charge is -2.10. The Balaban J connectivity index is 1.49. The Morgan fingerprint density at radius 3 is 2.15 bits per heavy atom. The highest BCUT2D eigenvalue weighted by Crippen LogP contribution is 2.20. The molecule has 0 aliphatic heterocycles. The second-order valence-electron chi connectivity index (χ2n) is 5.69. The molecule has 0 N–H and O–H groups in total. The minimum atomic E-state index is -0.376. The van der Waals surface area contributed by atoms with Crippen LogP contribution in [0.15, 0.2) is 75.9 Å². The molecule has 0 fully saturated rings. The summed E-state index contributed by atoms with van der Waals surface area (Å²) in [7, 11) is 0. The van der Waals surface area contributed by atoms with Crippen molar-refractivity contribution in [1.29, 1.82) is 0 Å². The predicted octanol–water partition coefficient (Wildman–Crippen LogP) is 3.99. The normalized spacial score (nSPS) is 10.3. The fraction of sp³-hybridized carbons (Fsp3) is 0.190. The molecule has 0 amide bonds. The van der Waals surface area contributed by atoms with Crippen LogP contribution in [0.25, 0.3) is 0 Å². The molecule has 0 spiro atoms. The summed E-state index contributed by atoms with van der Waals surface area (Å²) >= 11 is 0. The molecule has 26 heavy (non-hydrogen) atoms. The lowest BCUT2D eigenvalue weighted by atomic mass is 10.3. The number of para-hydroxylation sites is 1. The number of ether oxygens (including phenoxy) is 3. The third kappa shape index (κ3) is 5.41. The van der Waals surface area contributed by atoms with Crippen molar-refractivity contribution in [3.8, 4) is 17.2 Å². The van der Waals surface area contributed by atoms with Crippen molar-refractivity contribution in [1.82, 2.24) is 0 Å². The average molecular weight is 352 g/mol. The van der Waals surface area contributed by atoms with E-state index in [1.807, 2.05) is 55.5 Å². The molecule has 0 saturated heterocycles. The first-order valence-corrected chi connectivity index (χ1v) is 8.33. The van der Waals surface area contributed by atoms with Crippen molar-refractivity contribution in [3.05, 3.63) is 88.5 Å². The maximum absolute atomic E-state index is 11.4. The molecule has 0 aliphatic rings. The molecule has 3 rings (SSSR count). The molecule has 0 bridgehead atoms. The molecule has 134 valence electrons. The van der Waals surface area contributed by atoms with Gasteiger partial charge in [-0.25, -0.2) is 4.79 Å². The van der Waals surface area contributed by atoms with E-state index >= 15 is 0 Å². The van der Waals surface area contributed by atoms with Gasteiger partial charge in [-0.1, -0.05) is 24.3 Å². The number of rotatable bonds is 8. The van der Waals surface area contributed by atoms with E-state index in [0.29, 0.717) is 30.5 Å². The smallest absolute Gasteiger partial charge is 0.336 e. The Labute approximate surface area is 151 Å². The van der Waals surface area contributed by atoms with Gasteiger partial charge in [0.05, 0.1) is 0 Å². The van der Waals surface area contributed by atoms with Gasteiger partial charge in [0.15, 0.2) is 0 Å². The monoisotopic (exact) mass is 352 g/mol. The van der Waals surface area contributed by atoms with Gasteiger partial charge in [-0.3, -0.25) is 0 Å². The molecule has 0 aliphatic carbocycles. The number of hydrogen-bond acceptors (Lipinski definition) is 5. The van der Waals surface area contributed by atoms with E-state index in [9.17, 15) is 4.79 Å². The molecule has 0 atom stereocenters. The van der Waals surface area contributed by atoms with Crippen molar-refractivity contribution in [2.24, 2.45) is 0 Å². The maximum atomic E-state index is 11.4. The largest absolute Gasteiger partial charge is 0.490 e. The van der Waals surface area contributed by atoms with Crippen molar-refractivity contribution in [3.63, 3.8) is 0 Å². The van der Waals surface area contributed by atoms with Crippen LogP contribution >= 0.6 is 0 Å². The number of aryl methyl sites for hydroxylation is 1. The Hall–Kier alpha value is -3.21. The third-order valence-corrected chi connectivity index (χ3v) is 3.52. The van der Waals surface area contributed by atoms with E-state index in [4.69, 9.17) is 18.6 Å². The van der Waals surface area contributed by atoms with E-state index in [1.165, 1.54) is 6.07 Å². The molecule has 5 nitrogen and oxygen atoms in total. The topological polar surface area (TPSA) is 57.9 Å². The van der Waals surface area contributed by atoms with Crippen LogP contribution in [0.1, 0.15) is 11.3 Å². The summed E-state index contributed by atoms with van der Waals surface area (Å²) in [6.07, 6.45) is 0. The SMILES string of the molecule is Cc1cc(COc2cccc(OCCOc3ccccc3)c2)oc(=O)c1. The van der Waals surface area contributed by atoms with Crippen LogP contribution in [-0.2, 0) is 6.61 Å². The second kappa shape index (κ2) is 8.76. The van der Waals surface area contributed by atoms with Gasteiger partial charge < -0.3 is 18.6 Å². The molecule has 3 aromatic rings. The van der Waals surface area contributed by atoms with Gasteiger partial charge in [0.2, 0.25) is 0 Å². The first-order valence-electron chi connectivity index (χ1n) is 8.33. The van der Waals surface area contributed by atoms with Crippen LogP contribution in [0, 0.1) is 6.92 Å². The molecular weight excluding hydrogens is 332 g/mol. The Morgan fingerprint density at radius 2 is 1.42 bits per heavy atom. The van der Waals surface area contributed by atoms with Crippen LogP contribution in [0.5, 0.6) is 17.2 Å². The summed E-state index contributed by atoms with van der Waals surface area (Å²) in [6, 6.07) is 20.1. The first-order chi connectivity index (χ1) is 12.7. The van der Waals surface area contributed by atoms with Crippen molar-refractivity contribution in [2.45, 2.75) is 13.5 Å². The number of hydrogen-bond donors (Lipinski definition) is 0. The van der Waals surface area contributed by atoms with Gasteiger partial charge in [0, 0.05) is 12.1 Å². The summed E-state index contributed by atoms with van der Waals surface area (Å²) in [5, 5.41) is 0. The lowest BCUT2D eigenvalue weighted by Crippen LogP contribution is -2.09. The molecule has 0 saturated carbocycles. The fourth-order valence-electron chi connectivity index (χ4n) is 2.38. The van der Waals surface area contributed by atoms with Gasteiger partial charge in [-0.05, 0) is 42.8 Å². The molecule has 2 aromatic carbocycles. The van der Waals surface area contributed by atoms with Crippen LogP contribution in [0.3, 0.4) is 0 Å². The van der Waals surface area contributed by atoms with E-state index in [2.05, 4.69) is 0 Å². The molecule has 1 heterocycles. The third-order valence-electron chi connectivity index (χ3n) is 3.52. The average Bonchev–Trinajstić information content (AvgIpc) is 2.64. The minimum Gasteiger partial charge on any atom is -0.490 e. The zero-order chi connectivity index (χ0) is 18.2. The minimum absolute atomic E-state index is 0.178. The van der Waals surface area contributed by atoms with Crippen LogP contribution in [0.4, 0.5) is 0 Å². The van der Waals surface area contributed by atoms with Crippen molar-refractivity contribution in [2.75, 3.05) is 13.2 Å². The molecule has 5 heteroatoms. The second-order valence-corrected chi connectivity index (χ2v) is 5.69. The predicted molar refractivity (Wildman–Crippen MR) is 97.9 cm³/mol.